The number of aryl methyl sites for hydroxylation is 1. The molecule has 2 aromatic rings. The van der Waals surface area contributed by atoms with E-state index < -0.39 is 0 Å². The van der Waals surface area contributed by atoms with Crippen molar-refractivity contribution in [2.24, 2.45) is 12.0 Å². The number of hydrogen-bond acceptors (Lipinski definition) is 2. The van der Waals surface area contributed by atoms with Gasteiger partial charge >= 0.3 is 0 Å². The highest BCUT2D eigenvalue weighted by Crippen LogP contribution is 2.23. The maximum atomic E-state index is 5.97. The fourth-order valence-corrected chi connectivity index (χ4v) is 2.20. The van der Waals surface area contributed by atoms with Crippen LogP contribution in [-0.4, -0.2) is 23.6 Å². The zero-order chi connectivity index (χ0) is 11.1. The Kier molecular flexibility index (Phi) is 2.14. The predicted octanol–water partition coefficient (Wildman–Crippen LogP) is 2.61. The summed E-state index contributed by atoms with van der Waals surface area (Å²) in [5.74, 6) is 0.731. The molecule has 1 aliphatic heterocycles. The zero-order valence-corrected chi connectivity index (χ0v) is 9.66. The molecule has 0 unspecified atom stereocenters. The molecule has 82 valence electrons. The van der Waals surface area contributed by atoms with Gasteiger partial charge in [-0.2, -0.15) is 0 Å². The molecule has 2 heterocycles. The first kappa shape index (κ1) is 9.73. The largest absolute Gasteiger partial charge is 0.474 e. The highest BCUT2D eigenvalue weighted by molar-refractivity contribution is 6.31. The highest BCUT2D eigenvalue weighted by atomic mass is 35.5. The van der Waals surface area contributed by atoms with Crippen LogP contribution >= 0.6 is 11.6 Å². The molecule has 4 heteroatoms. The van der Waals surface area contributed by atoms with Gasteiger partial charge in [0.25, 0.3) is 0 Å². The molecular weight excluding hydrogens is 224 g/mol. The van der Waals surface area contributed by atoms with Crippen LogP contribution in [0.3, 0.4) is 0 Å². The predicted molar refractivity (Wildman–Crippen MR) is 65.3 cm³/mol. The van der Waals surface area contributed by atoms with Gasteiger partial charge in [0.15, 0.2) is 0 Å². The second-order valence-electron chi connectivity index (χ2n) is 3.83. The average Bonchev–Trinajstić information content (AvgIpc) is 2.86. The van der Waals surface area contributed by atoms with Gasteiger partial charge in [-0.1, -0.05) is 11.6 Å². The Morgan fingerprint density at radius 2 is 2.25 bits per heavy atom. The molecule has 0 bridgehead atoms. The Hall–Kier alpha value is -1.48. The fraction of sp³-hybridized carbons (Fsp3) is 0.250. The van der Waals surface area contributed by atoms with Crippen molar-refractivity contribution in [1.29, 1.82) is 0 Å². The molecule has 0 spiro atoms. The third-order valence-corrected chi connectivity index (χ3v) is 3.04. The van der Waals surface area contributed by atoms with Crippen LogP contribution in [0.4, 0.5) is 0 Å². The number of halogens is 1. The second kappa shape index (κ2) is 3.52. The van der Waals surface area contributed by atoms with Gasteiger partial charge < -0.3 is 9.30 Å². The van der Waals surface area contributed by atoms with E-state index in [2.05, 4.69) is 15.6 Å². The van der Waals surface area contributed by atoms with Crippen LogP contribution in [-0.2, 0) is 11.8 Å². The van der Waals surface area contributed by atoms with Crippen molar-refractivity contribution in [2.75, 3.05) is 13.2 Å². The lowest BCUT2D eigenvalue weighted by atomic mass is 10.2. The molecule has 0 fully saturated rings. The van der Waals surface area contributed by atoms with Gasteiger partial charge in [0.05, 0.1) is 6.54 Å². The minimum Gasteiger partial charge on any atom is -0.474 e. The van der Waals surface area contributed by atoms with E-state index in [9.17, 15) is 0 Å². The lowest BCUT2D eigenvalue weighted by Crippen LogP contribution is -2.06. The number of rotatable bonds is 1. The third kappa shape index (κ3) is 1.39. The van der Waals surface area contributed by atoms with Gasteiger partial charge in [-0.3, -0.25) is 0 Å². The summed E-state index contributed by atoms with van der Waals surface area (Å²) in [5, 5.41) is 1.86. The Morgan fingerprint density at radius 3 is 3.00 bits per heavy atom. The summed E-state index contributed by atoms with van der Waals surface area (Å²) in [4.78, 5) is 4.33. The van der Waals surface area contributed by atoms with Gasteiger partial charge in [0.1, 0.15) is 12.3 Å². The smallest absolute Gasteiger partial charge is 0.233 e. The number of nitrogens with zero attached hydrogens (tertiary/aromatic N) is 2. The SMILES string of the molecule is Cn1c(C2=NCCO2)cc2cc(Cl)ccc21. The number of fused-ring (bicyclic) bond motifs is 1. The summed E-state index contributed by atoms with van der Waals surface area (Å²) < 4.78 is 7.55. The van der Waals surface area contributed by atoms with Crippen molar-refractivity contribution in [1.82, 2.24) is 4.57 Å². The summed E-state index contributed by atoms with van der Waals surface area (Å²) in [5.41, 5.74) is 2.15. The fourth-order valence-electron chi connectivity index (χ4n) is 2.02. The average molecular weight is 235 g/mol. The van der Waals surface area contributed by atoms with E-state index >= 15 is 0 Å². The number of aliphatic imine (C=N–C) groups is 1. The summed E-state index contributed by atoms with van der Waals surface area (Å²) in [6, 6.07) is 7.92. The second-order valence-corrected chi connectivity index (χ2v) is 4.26. The van der Waals surface area contributed by atoms with E-state index in [-0.39, 0.29) is 0 Å². The molecule has 0 amide bonds. The first-order valence-corrected chi connectivity index (χ1v) is 5.56. The van der Waals surface area contributed by atoms with Gasteiger partial charge in [0.2, 0.25) is 5.90 Å². The molecule has 0 N–H and O–H groups in total. The molecule has 3 rings (SSSR count). The van der Waals surface area contributed by atoms with E-state index in [1.165, 1.54) is 0 Å². The lowest BCUT2D eigenvalue weighted by molar-refractivity contribution is 0.346. The van der Waals surface area contributed by atoms with E-state index in [4.69, 9.17) is 16.3 Å². The molecule has 0 aliphatic carbocycles. The molecule has 1 aliphatic rings. The van der Waals surface area contributed by atoms with E-state index in [0.29, 0.717) is 6.61 Å². The molecule has 16 heavy (non-hydrogen) atoms. The Balaban J connectivity index is 2.22. The standard InChI is InChI=1S/C12H11ClN2O/c1-15-10-3-2-9(13)6-8(10)7-11(15)12-14-4-5-16-12/h2-3,6-7H,4-5H2,1H3. The third-order valence-electron chi connectivity index (χ3n) is 2.81. The maximum Gasteiger partial charge on any atom is 0.233 e. The molecular formula is C12H11ClN2O. The summed E-state index contributed by atoms with van der Waals surface area (Å²) in [6.07, 6.45) is 0. The zero-order valence-electron chi connectivity index (χ0n) is 8.90. The van der Waals surface area contributed by atoms with Crippen molar-refractivity contribution in [3.63, 3.8) is 0 Å². The summed E-state index contributed by atoms with van der Waals surface area (Å²) in [6.45, 7) is 1.43. The lowest BCUT2D eigenvalue weighted by Gasteiger charge is -2.03. The molecule has 0 radical (unpaired) electrons. The normalized spacial score (nSPS) is 15.2. The van der Waals surface area contributed by atoms with Crippen LogP contribution in [0.15, 0.2) is 29.3 Å². The van der Waals surface area contributed by atoms with E-state index in [1.807, 2.05) is 25.2 Å². The minimum atomic E-state index is 0.678. The minimum absolute atomic E-state index is 0.678. The molecule has 0 saturated heterocycles. The van der Waals surface area contributed by atoms with Crippen LogP contribution in [0.25, 0.3) is 10.9 Å². The van der Waals surface area contributed by atoms with E-state index in [1.54, 1.807) is 0 Å². The molecule has 1 aromatic heterocycles. The molecule has 3 nitrogen and oxygen atoms in total. The number of hydrogen-bond donors (Lipinski definition) is 0. The maximum absolute atomic E-state index is 5.97. The van der Waals surface area contributed by atoms with Crippen molar-refractivity contribution >= 4 is 28.4 Å². The molecule has 0 saturated carbocycles. The Bertz CT molecular complexity index is 586. The van der Waals surface area contributed by atoms with Gasteiger partial charge in [-0.15, -0.1) is 0 Å². The topological polar surface area (TPSA) is 26.5 Å². The van der Waals surface area contributed by atoms with Gasteiger partial charge in [-0.05, 0) is 24.3 Å². The van der Waals surface area contributed by atoms with Crippen LogP contribution in [0.2, 0.25) is 5.02 Å². The first-order valence-electron chi connectivity index (χ1n) is 5.18. The van der Waals surface area contributed by atoms with E-state index in [0.717, 1.165) is 34.1 Å². The van der Waals surface area contributed by atoms with Crippen molar-refractivity contribution < 1.29 is 4.74 Å². The Labute approximate surface area is 98.3 Å². The number of aromatic nitrogens is 1. The highest BCUT2D eigenvalue weighted by Gasteiger charge is 2.15. The molecule has 1 aromatic carbocycles. The van der Waals surface area contributed by atoms with Crippen LogP contribution < -0.4 is 0 Å². The van der Waals surface area contributed by atoms with Crippen LogP contribution in [0.5, 0.6) is 0 Å². The van der Waals surface area contributed by atoms with Crippen LogP contribution in [0, 0.1) is 0 Å². The number of ether oxygens (including phenoxy) is 1. The monoisotopic (exact) mass is 234 g/mol. The molecule has 0 atom stereocenters. The van der Waals surface area contributed by atoms with Crippen molar-refractivity contribution in [3.05, 3.63) is 35.0 Å². The first-order chi connectivity index (χ1) is 7.75. The quantitative estimate of drug-likeness (QED) is 0.745. The van der Waals surface area contributed by atoms with Crippen LogP contribution in [0.1, 0.15) is 5.69 Å². The Morgan fingerprint density at radius 1 is 1.38 bits per heavy atom. The van der Waals surface area contributed by atoms with Crippen molar-refractivity contribution in [2.45, 2.75) is 0 Å². The summed E-state index contributed by atoms with van der Waals surface area (Å²) in [7, 11) is 2.01. The van der Waals surface area contributed by atoms with Crippen molar-refractivity contribution in [3.8, 4) is 0 Å². The van der Waals surface area contributed by atoms with Gasteiger partial charge in [-0.25, -0.2) is 4.99 Å². The van der Waals surface area contributed by atoms with Gasteiger partial charge in [0, 0.05) is 23.0 Å². The number of benzene rings is 1. The summed E-state index contributed by atoms with van der Waals surface area (Å²) >= 11 is 5.97.